The Morgan fingerprint density at radius 1 is 0.448 bits per heavy atom. The summed E-state index contributed by atoms with van der Waals surface area (Å²) in [5, 5.41) is 356. The molecule has 12 aliphatic heterocycles. The molecule has 58 nitrogen and oxygen atoms in total. The molecule has 12 fully saturated rings. The van der Waals surface area contributed by atoms with Crippen molar-refractivity contribution >= 4 is 12.1 Å². The summed E-state index contributed by atoms with van der Waals surface area (Å²) in [4.78, 5) is 20.5. The first kappa shape index (κ1) is 117. The number of carbonyl (C=O) groups is 2. The van der Waals surface area contributed by atoms with Crippen LogP contribution >= 0.6 is 0 Å². The van der Waals surface area contributed by atoms with Gasteiger partial charge in [-0.2, -0.15) is 0 Å². The van der Waals surface area contributed by atoms with Crippen LogP contribution in [0.4, 0.5) is 4.39 Å². The highest BCUT2D eigenvalue weighted by Crippen LogP contribution is 2.47. The van der Waals surface area contributed by atoms with E-state index >= 15 is 0 Å². The van der Waals surface area contributed by atoms with Gasteiger partial charge in [-0.05, 0) is 12.1 Å². The molecule has 59 heteroatoms. The molecule has 39 atom stereocenters. The lowest BCUT2D eigenvalue weighted by atomic mass is 9.94. The minimum absolute atomic E-state index is 0. The molecule has 12 aliphatic rings. The maximum absolute atomic E-state index is 10.5. The number of alkyl halides is 1. The highest BCUT2D eigenvalue weighted by atomic mass is 19.1. The molecule has 0 saturated carbocycles. The SMILES string of the molecule is CF.O.O.O=C(CO)[C@@H](O)[C@H](O)[C@H](O)CO.O=Cc1ccc(CO)o1.OCC1(O)OC[C@@H](O)[C@@H](O)[C@@H]1O.OCC1[OH+]C[C@@H](O)[C@@H](O)[C@@H]1O.OCC1[OH+][C@H](CO)[C@@H](O)[C@@H]1O.OC[C@H]1OC(O)(CO)[C@@H](O)[C@@H]1O.OC[C@H]1O[C@@]2(CO)OC[C@]3(OC[C@@H](O)[C@@H](O)[C@@H]3O)O[C@H]2[C@@H]1O.OC[C@H]1O[C@@]2(CO[C@]3(CO)O[C@H](CO)[C@@H](O)[C@@H]3O2)[C@@H](O)[C@@H]1O.O[C@@H]1[C@H]2CO[C@](O)(O2)[C@H]1O.[H+].[H+]. The number of aliphatic hydroxyl groups excluding tert-OH is 36. The third-order valence-corrected chi connectivity index (χ3v) is 20.6. The first-order chi connectivity index (χ1) is 57.8. The van der Waals surface area contributed by atoms with E-state index in [1.807, 2.05) is 0 Å². The van der Waals surface area contributed by atoms with Gasteiger partial charge in [-0.15, -0.1) is 0 Å². The predicted octanol–water partition coefficient (Wildman–Crippen LogP) is -27.0. The Kier molecular flexibility index (Phi) is 49.0. The maximum Gasteiger partial charge on any atom is 1.00 e. The van der Waals surface area contributed by atoms with Gasteiger partial charge in [-0.25, -0.2) is 0 Å². The molecular weight excluding hydrogens is 1740 g/mol. The van der Waals surface area contributed by atoms with Crippen LogP contribution in [0.15, 0.2) is 16.5 Å². The smallest absolute Gasteiger partial charge is 0.456 e. The average molecular weight is 1870 g/mol. The first-order valence-electron chi connectivity index (χ1n) is 37.2. The molecule has 45 N–H and O–H groups in total. The lowest BCUT2D eigenvalue weighted by Gasteiger charge is -2.51. The van der Waals surface area contributed by atoms with Crippen molar-refractivity contribution in [2.24, 2.45) is 0 Å². The van der Waals surface area contributed by atoms with Crippen LogP contribution in [0.2, 0.25) is 0 Å². The molecule has 13 rings (SSSR count). The van der Waals surface area contributed by atoms with Crippen molar-refractivity contribution in [3.8, 4) is 0 Å². The number of rotatable bonds is 18. The van der Waals surface area contributed by atoms with Gasteiger partial charge in [0.15, 0.2) is 55.0 Å². The summed E-state index contributed by atoms with van der Waals surface area (Å²) in [5.41, 5.74) is 0. The van der Waals surface area contributed by atoms with Crippen LogP contribution in [0, 0.1) is 0 Å². The fourth-order valence-electron chi connectivity index (χ4n) is 13.0. The van der Waals surface area contributed by atoms with Gasteiger partial charge in [0.2, 0.25) is 53.0 Å². The zero-order valence-corrected chi connectivity index (χ0v) is 66.2. The second-order valence-corrected chi connectivity index (χ2v) is 28.8. The number of aliphatic hydroxyl groups is 43. The largest absolute Gasteiger partial charge is 1.00 e. The maximum atomic E-state index is 10.5. The summed E-state index contributed by atoms with van der Waals surface area (Å²) in [7, 11) is 0.500. The Bertz CT molecular complexity index is 3120. The number of ketones is 1. The fourth-order valence-corrected chi connectivity index (χ4v) is 13.0. The molecule has 0 radical (unpaired) electrons. The molecule has 12 saturated heterocycles. The zero-order valence-electron chi connectivity index (χ0n) is 68.2. The van der Waals surface area contributed by atoms with Gasteiger partial charge in [0.1, 0.15) is 212 Å². The summed E-state index contributed by atoms with van der Waals surface area (Å²) in [6.45, 7) is -9.05. The van der Waals surface area contributed by atoms with E-state index in [1.54, 1.807) is 6.07 Å². The van der Waals surface area contributed by atoms with Crippen molar-refractivity contribution in [2.75, 3.05) is 133 Å². The average Bonchev–Trinajstić information content (AvgIpc) is 1.59. The molecular formula is C66H125FO58+4. The number of hydrogen-bond donors (Lipinski definition) is 39. The highest BCUT2D eigenvalue weighted by molar-refractivity contribution is 5.84. The standard InChI is InChI=1S/2C12H20O10.3C6H12O6.2C6H12O5.C6H6O3.C5H8O5.CH3F.2H2O/c13-1-6-8(17)10-11(3-14,21-6)20-4-12(22-10)9(18)7(16)5(15)2-19-12;13-1-5-7(16)9(18)12(21-5)4-19-11(3-15)10(22-12)8(17)6(2-14)20-11;7-2-6(11)5(10)4(9)3(8)1-12-6;7-1-3-4(9)5(10)6(11,2-8)12-3;7-1-3(9)5(11)6(12)4(10)2-8;7-1-4-6(10)5(9)3(8)2-11-4;7-1-3-5(9)6(10)4(2-8)11-3;7-3-5-1-2-6(4-8)9-5;6-3-2-1-9-5(8,10-2)4(3)7;1-2;;/h2*5-10,13-18H,1-4H2;2*3-5,7-11H,1-2H2;3,5-9,11-12H,1-2H2;2*3-10H,1-2H2;1-3,8H,4H2;2-4,6-8H,1H2;1H3;2*1H2/p+4/t5-,6-,7-,8-,9+,10+,11-,12+;5-,6-,7-,8-,9+,10+,11-,12-;2*3-,4-,5+,6?;3-,5-,6-;2*3-,4?,5-,6-;;2-,3-,4+,5+;;;/m1111111.1.../s1. The van der Waals surface area contributed by atoms with Crippen LogP contribution in [-0.4, -0.2) is 600 Å². The van der Waals surface area contributed by atoms with Gasteiger partial charge in [0.25, 0.3) is 0 Å². The molecule has 1 aromatic heterocycles. The lowest BCUT2D eigenvalue weighted by Crippen LogP contribution is -2.71. The summed E-state index contributed by atoms with van der Waals surface area (Å²) in [6.07, 6.45) is -39.2. The minimum Gasteiger partial charge on any atom is -0.456 e. The Balaban J connectivity index is 0.00000142. The Morgan fingerprint density at radius 2 is 0.880 bits per heavy atom. The number of carbonyl (C=O) groups excluding carboxylic acids is 2. The summed E-state index contributed by atoms with van der Waals surface area (Å²) in [5.74, 6) is -13.6. The van der Waals surface area contributed by atoms with Crippen molar-refractivity contribution in [3.05, 3.63) is 23.7 Å². The van der Waals surface area contributed by atoms with Crippen molar-refractivity contribution in [2.45, 2.75) is 243 Å². The number of aldehydes is 1. The summed E-state index contributed by atoms with van der Waals surface area (Å²) in [6, 6.07) is 3.07. The van der Waals surface area contributed by atoms with Gasteiger partial charge in [0, 0.05) is 0 Å². The minimum atomic E-state index is -2.17. The molecule has 1 aromatic rings. The normalized spacial score (nSPS) is 44.0. The number of ether oxygens (including phenoxy) is 14. The lowest BCUT2D eigenvalue weighted by molar-refractivity contribution is -0.440. The van der Waals surface area contributed by atoms with E-state index in [1.165, 1.54) is 6.07 Å². The third-order valence-electron chi connectivity index (χ3n) is 20.6. The van der Waals surface area contributed by atoms with Crippen molar-refractivity contribution < 1.29 is 298 Å². The quantitative estimate of drug-likeness (QED) is 0.0479. The third kappa shape index (κ3) is 27.1. The van der Waals surface area contributed by atoms with Gasteiger partial charge in [-0.3, -0.25) is 14.0 Å². The molecule has 2 spiro atoms. The monoisotopic (exact) mass is 1860 g/mol. The topological polar surface area (TPSA) is 1040 Å². The summed E-state index contributed by atoms with van der Waals surface area (Å²) >= 11 is 0. The van der Waals surface area contributed by atoms with E-state index in [0.29, 0.717) is 19.2 Å². The van der Waals surface area contributed by atoms with Crippen LogP contribution in [0.5, 0.6) is 0 Å². The molecule has 2 bridgehead atoms. The van der Waals surface area contributed by atoms with Gasteiger partial charge >= 0.3 is 8.83 Å². The summed E-state index contributed by atoms with van der Waals surface area (Å²) < 4.78 is 83.8. The van der Waals surface area contributed by atoms with Crippen LogP contribution in [0.3, 0.4) is 0 Å². The molecule has 4 unspecified atom stereocenters. The number of Topliss-reactive ketones (excluding diaryl/α,β-unsaturated/α-hetero) is 1. The number of hydrogen-bond acceptors (Lipinski definition) is 54. The Morgan fingerprint density at radius 3 is 1.25 bits per heavy atom. The molecule has 125 heavy (non-hydrogen) atoms. The van der Waals surface area contributed by atoms with E-state index in [-0.39, 0.29) is 72.4 Å². The van der Waals surface area contributed by atoms with E-state index in [9.17, 15) is 80.4 Å². The predicted molar refractivity (Wildman–Crippen MR) is 386 cm³/mol. The van der Waals surface area contributed by atoms with Crippen LogP contribution in [-0.2, 0) is 68.2 Å². The fraction of sp³-hybridized carbons (Fsp3) is 0.909. The Labute approximate surface area is 707 Å². The number of furan rings is 1. The van der Waals surface area contributed by atoms with E-state index in [4.69, 9.17) is 180 Å². The Hall–Kier alpha value is -3.65. The van der Waals surface area contributed by atoms with Crippen LogP contribution in [0.1, 0.15) is 19.2 Å². The molecule has 13 heterocycles. The van der Waals surface area contributed by atoms with Gasteiger partial charge in [-0.1, -0.05) is 0 Å². The molecule has 0 amide bonds. The molecule has 740 valence electrons. The van der Waals surface area contributed by atoms with E-state index < -0.39 is 321 Å². The van der Waals surface area contributed by atoms with Gasteiger partial charge < -0.3 is 281 Å². The van der Waals surface area contributed by atoms with Crippen molar-refractivity contribution in [1.82, 2.24) is 0 Å². The van der Waals surface area contributed by atoms with E-state index in [0.717, 1.165) is 0 Å². The van der Waals surface area contributed by atoms with Crippen molar-refractivity contribution in [1.29, 1.82) is 0 Å². The highest BCUT2D eigenvalue weighted by Gasteiger charge is 2.69. The second kappa shape index (κ2) is 52.1. The van der Waals surface area contributed by atoms with Gasteiger partial charge in [0.05, 0.1) is 73.2 Å². The number of halogens is 1. The van der Waals surface area contributed by atoms with E-state index in [2.05, 4.69) is 23.7 Å². The molecule has 0 aliphatic carbocycles. The number of fused-ring (bicyclic) bond motifs is 4. The van der Waals surface area contributed by atoms with Crippen LogP contribution < -0.4 is 0 Å². The van der Waals surface area contributed by atoms with Crippen LogP contribution in [0.25, 0.3) is 0 Å². The molecule has 0 aromatic carbocycles. The first-order valence-corrected chi connectivity index (χ1v) is 37.2. The van der Waals surface area contributed by atoms with Crippen molar-refractivity contribution in [3.63, 3.8) is 0 Å². The zero-order chi connectivity index (χ0) is 93.6. The second-order valence-electron chi connectivity index (χ2n) is 28.8.